The highest BCUT2D eigenvalue weighted by molar-refractivity contribution is 8.00. The number of hydrogen-bond acceptors (Lipinski definition) is 4. The van der Waals surface area contributed by atoms with Crippen molar-refractivity contribution in [3.63, 3.8) is 0 Å². The van der Waals surface area contributed by atoms with Crippen LogP contribution in [0.4, 0.5) is 5.69 Å². The van der Waals surface area contributed by atoms with Gasteiger partial charge in [0.15, 0.2) is 0 Å². The molecule has 17 heavy (non-hydrogen) atoms. The van der Waals surface area contributed by atoms with Gasteiger partial charge >= 0.3 is 5.97 Å². The van der Waals surface area contributed by atoms with Gasteiger partial charge in [-0.05, 0) is 30.0 Å². The van der Waals surface area contributed by atoms with E-state index in [-0.39, 0.29) is 16.0 Å². The van der Waals surface area contributed by atoms with Crippen LogP contribution in [0.3, 0.4) is 0 Å². The Kier molecular flexibility index (Phi) is 4.06. The molecule has 0 aromatic carbocycles. The maximum absolute atomic E-state index is 11.9. The van der Waals surface area contributed by atoms with Crippen LogP contribution < -0.4 is 5.32 Å². The minimum absolute atomic E-state index is 0.0368. The topological polar surface area (TPSA) is 66.4 Å². The first-order chi connectivity index (χ1) is 8.18. The summed E-state index contributed by atoms with van der Waals surface area (Å²) in [6.07, 6.45) is 3.11. The number of carbonyl (C=O) groups excluding carboxylic acids is 1. The third-order valence-electron chi connectivity index (χ3n) is 2.59. The zero-order chi connectivity index (χ0) is 12.3. The van der Waals surface area contributed by atoms with E-state index in [1.165, 1.54) is 0 Å². The smallest absolute Gasteiger partial charge is 0.348 e. The van der Waals surface area contributed by atoms with Gasteiger partial charge in [0.1, 0.15) is 4.88 Å². The summed E-state index contributed by atoms with van der Waals surface area (Å²) in [4.78, 5) is 23.0. The Morgan fingerprint density at radius 1 is 1.41 bits per heavy atom. The third-order valence-corrected chi connectivity index (χ3v) is 4.87. The van der Waals surface area contributed by atoms with Crippen molar-refractivity contribution in [2.75, 3.05) is 11.1 Å². The highest BCUT2D eigenvalue weighted by Crippen LogP contribution is 2.28. The van der Waals surface area contributed by atoms with Crippen molar-refractivity contribution in [1.82, 2.24) is 0 Å². The molecule has 1 aliphatic heterocycles. The Bertz CT molecular complexity index is 424. The van der Waals surface area contributed by atoms with Crippen molar-refractivity contribution in [2.24, 2.45) is 0 Å². The molecule has 0 saturated carbocycles. The van der Waals surface area contributed by atoms with Gasteiger partial charge in [0.05, 0.1) is 10.9 Å². The van der Waals surface area contributed by atoms with Gasteiger partial charge in [-0.15, -0.1) is 23.1 Å². The largest absolute Gasteiger partial charge is 0.477 e. The predicted octanol–water partition coefficient (Wildman–Crippen LogP) is 2.67. The molecule has 0 radical (unpaired) electrons. The van der Waals surface area contributed by atoms with Crippen LogP contribution in [0.2, 0.25) is 0 Å². The monoisotopic (exact) mass is 271 g/mol. The maximum Gasteiger partial charge on any atom is 0.348 e. The van der Waals surface area contributed by atoms with Gasteiger partial charge in [-0.2, -0.15) is 0 Å². The Morgan fingerprint density at radius 3 is 2.88 bits per heavy atom. The molecular weight excluding hydrogens is 258 g/mol. The van der Waals surface area contributed by atoms with Crippen LogP contribution in [0.1, 0.15) is 28.9 Å². The average Bonchev–Trinajstić information content (AvgIpc) is 2.78. The molecule has 2 heterocycles. The Labute approximate surface area is 107 Å². The molecule has 1 aromatic heterocycles. The summed E-state index contributed by atoms with van der Waals surface area (Å²) < 4.78 is 0. The predicted molar refractivity (Wildman–Crippen MR) is 70.0 cm³/mol. The van der Waals surface area contributed by atoms with E-state index in [2.05, 4.69) is 5.32 Å². The number of amides is 1. The molecule has 1 amide bonds. The second kappa shape index (κ2) is 5.55. The molecule has 2 rings (SSSR count). The summed E-state index contributed by atoms with van der Waals surface area (Å²) in [5.41, 5.74) is 0.415. The van der Waals surface area contributed by atoms with Crippen molar-refractivity contribution in [3.05, 3.63) is 16.3 Å². The van der Waals surface area contributed by atoms with Gasteiger partial charge in [0, 0.05) is 0 Å². The van der Waals surface area contributed by atoms with Crippen molar-refractivity contribution in [1.29, 1.82) is 0 Å². The fraction of sp³-hybridized carbons (Fsp3) is 0.455. The van der Waals surface area contributed by atoms with Crippen molar-refractivity contribution in [2.45, 2.75) is 24.5 Å². The van der Waals surface area contributed by atoms with Crippen LogP contribution in [-0.2, 0) is 4.79 Å². The minimum atomic E-state index is -0.994. The van der Waals surface area contributed by atoms with Crippen LogP contribution in [0, 0.1) is 0 Å². The number of carboxylic acids is 1. The lowest BCUT2D eigenvalue weighted by Gasteiger charge is -2.20. The fourth-order valence-corrected chi connectivity index (χ4v) is 3.62. The second-order valence-electron chi connectivity index (χ2n) is 3.81. The van der Waals surface area contributed by atoms with Crippen molar-refractivity contribution < 1.29 is 14.7 Å². The van der Waals surface area contributed by atoms with E-state index in [0.717, 1.165) is 36.4 Å². The lowest BCUT2D eigenvalue weighted by Crippen LogP contribution is -2.27. The number of nitrogens with one attached hydrogen (secondary N) is 1. The molecule has 1 saturated heterocycles. The summed E-state index contributed by atoms with van der Waals surface area (Å²) in [5.74, 6) is -0.0600. The first-order valence-electron chi connectivity index (χ1n) is 5.41. The summed E-state index contributed by atoms with van der Waals surface area (Å²) >= 11 is 2.78. The van der Waals surface area contributed by atoms with E-state index < -0.39 is 5.97 Å². The maximum atomic E-state index is 11.9. The number of thioether (sulfide) groups is 1. The summed E-state index contributed by atoms with van der Waals surface area (Å²) in [5, 5.41) is 13.3. The molecule has 0 spiro atoms. The first kappa shape index (κ1) is 12.4. The van der Waals surface area contributed by atoms with E-state index in [0.29, 0.717) is 5.69 Å². The standard InChI is InChI=1S/C11H13NO3S2/c13-10(8-3-1-2-5-16-8)12-7-4-6-17-9(7)11(14)15/h4,6,8H,1-3,5H2,(H,12,13)(H,14,15). The molecule has 2 N–H and O–H groups in total. The lowest BCUT2D eigenvalue weighted by atomic mass is 10.2. The van der Waals surface area contributed by atoms with Crippen LogP contribution >= 0.6 is 23.1 Å². The Morgan fingerprint density at radius 2 is 2.24 bits per heavy atom. The number of carbonyl (C=O) groups is 2. The van der Waals surface area contributed by atoms with E-state index in [1.54, 1.807) is 23.2 Å². The number of thiophene rings is 1. The lowest BCUT2D eigenvalue weighted by molar-refractivity contribution is -0.115. The van der Waals surface area contributed by atoms with Crippen molar-refractivity contribution >= 4 is 40.7 Å². The van der Waals surface area contributed by atoms with Gasteiger partial charge in [0.2, 0.25) is 5.91 Å². The van der Waals surface area contributed by atoms with Gasteiger partial charge in [0.25, 0.3) is 0 Å². The summed E-state index contributed by atoms with van der Waals surface area (Å²) in [6.45, 7) is 0. The molecule has 1 aromatic rings. The molecule has 6 heteroatoms. The third kappa shape index (κ3) is 3.01. The van der Waals surface area contributed by atoms with Crippen LogP contribution in [0.5, 0.6) is 0 Å². The summed E-state index contributed by atoms with van der Waals surface area (Å²) in [7, 11) is 0. The molecule has 4 nitrogen and oxygen atoms in total. The number of anilines is 1. The van der Waals surface area contributed by atoms with Gasteiger partial charge in [-0.3, -0.25) is 4.79 Å². The number of hydrogen-bond donors (Lipinski definition) is 2. The zero-order valence-electron chi connectivity index (χ0n) is 9.14. The normalized spacial score (nSPS) is 19.9. The van der Waals surface area contributed by atoms with E-state index in [1.807, 2.05) is 0 Å². The zero-order valence-corrected chi connectivity index (χ0v) is 10.8. The molecule has 0 aliphatic carbocycles. The average molecular weight is 271 g/mol. The molecule has 1 fully saturated rings. The van der Waals surface area contributed by atoms with Crippen molar-refractivity contribution in [3.8, 4) is 0 Å². The van der Waals surface area contributed by atoms with E-state index >= 15 is 0 Å². The van der Waals surface area contributed by atoms with Crippen LogP contribution in [0.15, 0.2) is 11.4 Å². The Balaban J connectivity index is 2.02. The second-order valence-corrected chi connectivity index (χ2v) is 6.04. The number of rotatable bonds is 3. The minimum Gasteiger partial charge on any atom is -0.477 e. The van der Waals surface area contributed by atoms with Crippen LogP contribution in [-0.4, -0.2) is 28.0 Å². The van der Waals surface area contributed by atoms with Gasteiger partial charge < -0.3 is 10.4 Å². The molecule has 1 atom stereocenters. The number of carboxylic acid groups (broad SMARTS) is 1. The molecular formula is C11H13NO3S2. The Hall–Kier alpha value is -1.01. The number of aromatic carboxylic acids is 1. The first-order valence-corrected chi connectivity index (χ1v) is 7.34. The highest BCUT2D eigenvalue weighted by Gasteiger charge is 2.23. The summed E-state index contributed by atoms with van der Waals surface area (Å²) in [6, 6.07) is 1.64. The van der Waals surface area contributed by atoms with E-state index in [9.17, 15) is 9.59 Å². The molecule has 0 bridgehead atoms. The fourth-order valence-electron chi connectivity index (χ4n) is 1.73. The van der Waals surface area contributed by atoms with E-state index in [4.69, 9.17) is 5.11 Å². The van der Waals surface area contributed by atoms with Gasteiger partial charge in [-0.1, -0.05) is 6.42 Å². The quantitative estimate of drug-likeness (QED) is 0.887. The molecule has 1 unspecified atom stereocenters. The SMILES string of the molecule is O=C(O)c1sccc1NC(=O)C1CCCCS1. The highest BCUT2D eigenvalue weighted by atomic mass is 32.2. The molecule has 1 aliphatic rings. The molecule has 92 valence electrons. The van der Waals surface area contributed by atoms with Gasteiger partial charge in [-0.25, -0.2) is 4.79 Å². The van der Waals surface area contributed by atoms with Crippen LogP contribution in [0.25, 0.3) is 0 Å².